The second-order valence-corrected chi connectivity index (χ2v) is 3.28. The largest absolute Gasteiger partial charge is 0.480 e. The molecule has 88 valence electrons. The van der Waals surface area contributed by atoms with Gasteiger partial charge < -0.3 is 21.5 Å². The third kappa shape index (κ3) is 7.75. The summed E-state index contributed by atoms with van der Waals surface area (Å²) in [4.78, 5) is 21.1. The molecule has 5 N–H and O–H groups in total. The number of carbonyl (C=O) groups excluding carboxylic acids is 1. The maximum Gasteiger partial charge on any atom is 0.320 e. The van der Waals surface area contributed by atoms with Gasteiger partial charge in [0.05, 0.1) is 0 Å². The first-order valence-corrected chi connectivity index (χ1v) is 5.07. The Kier molecular flexibility index (Phi) is 7.35. The quantitative estimate of drug-likeness (QED) is 0.426. The standard InChI is InChI=1S/C9H19N3O3/c1-2-5-11-7(8(13)14)4-3-6-12-9(10)15/h7,11H,2-6H2,1H3,(H,13,14)(H3,10,12,15)/t7-/m0/s1. The number of carboxylic acids is 1. The topological polar surface area (TPSA) is 104 Å². The first-order valence-electron chi connectivity index (χ1n) is 5.07. The zero-order chi connectivity index (χ0) is 11.7. The summed E-state index contributed by atoms with van der Waals surface area (Å²) in [5.41, 5.74) is 4.87. The Labute approximate surface area is 89.2 Å². The molecule has 0 aromatic heterocycles. The summed E-state index contributed by atoms with van der Waals surface area (Å²) in [5, 5.41) is 14.2. The van der Waals surface area contributed by atoms with Crippen LogP contribution in [0.5, 0.6) is 0 Å². The van der Waals surface area contributed by atoms with Crippen LogP contribution in [-0.2, 0) is 4.79 Å². The summed E-state index contributed by atoms with van der Waals surface area (Å²) in [7, 11) is 0. The van der Waals surface area contributed by atoms with E-state index in [2.05, 4.69) is 10.6 Å². The predicted octanol–water partition coefficient (Wildman–Crippen LogP) is -0.112. The number of aliphatic carboxylic acids is 1. The van der Waals surface area contributed by atoms with E-state index in [1.807, 2.05) is 6.92 Å². The molecule has 0 aromatic carbocycles. The molecule has 1 atom stereocenters. The molecule has 2 amide bonds. The molecule has 0 saturated carbocycles. The molecule has 0 aliphatic heterocycles. The number of amides is 2. The molecule has 0 aliphatic rings. The molecular weight excluding hydrogens is 198 g/mol. The number of primary amides is 1. The Morgan fingerprint density at radius 2 is 2.07 bits per heavy atom. The molecule has 0 saturated heterocycles. The lowest BCUT2D eigenvalue weighted by Gasteiger charge is -2.13. The van der Waals surface area contributed by atoms with Crippen molar-refractivity contribution >= 4 is 12.0 Å². The first-order chi connectivity index (χ1) is 7.07. The third-order valence-electron chi connectivity index (χ3n) is 1.91. The number of carboxylic acid groups (broad SMARTS) is 1. The summed E-state index contributed by atoms with van der Waals surface area (Å²) in [6.07, 6.45) is 1.97. The van der Waals surface area contributed by atoms with Gasteiger partial charge in [0.1, 0.15) is 6.04 Å². The smallest absolute Gasteiger partial charge is 0.320 e. The Morgan fingerprint density at radius 3 is 2.53 bits per heavy atom. The molecule has 0 radical (unpaired) electrons. The molecule has 0 fully saturated rings. The van der Waals surface area contributed by atoms with E-state index in [-0.39, 0.29) is 0 Å². The Hall–Kier alpha value is -1.30. The van der Waals surface area contributed by atoms with Gasteiger partial charge in [-0.3, -0.25) is 4.79 Å². The number of nitrogens with two attached hydrogens (primary N) is 1. The van der Waals surface area contributed by atoms with Crippen molar-refractivity contribution in [2.45, 2.75) is 32.2 Å². The molecular formula is C9H19N3O3. The van der Waals surface area contributed by atoms with Crippen molar-refractivity contribution in [3.05, 3.63) is 0 Å². The number of rotatable bonds is 8. The lowest BCUT2D eigenvalue weighted by molar-refractivity contribution is -0.139. The minimum Gasteiger partial charge on any atom is -0.480 e. The molecule has 0 spiro atoms. The van der Waals surface area contributed by atoms with Gasteiger partial charge in [0.2, 0.25) is 0 Å². The molecule has 0 aromatic rings. The monoisotopic (exact) mass is 217 g/mol. The highest BCUT2D eigenvalue weighted by atomic mass is 16.4. The summed E-state index contributed by atoms with van der Waals surface area (Å²) in [6, 6.07) is -1.12. The summed E-state index contributed by atoms with van der Waals surface area (Å²) in [5.74, 6) is -0.859. The van der Waals surface area contributed by atoms with Crippen molar-refractivity contribution in [3.8, 4) is 0 Å². The highest BCUT2D eigenvalue weighted by Gasteiger charge is 2.15. The van der Waals surface area contributed by atoms with Gasteiger partial charge in [-0.2, -0.15) is 0 Å². The van der Waals surface area contributed by atoms with Crippen molar-refractivity contribution in [3.63, 3.8) is 0 Å². The number of carbonyl (C=O) groups is 2. The number of hydrogen-bond donors (Lipinski definition) is 4. The molecule has 6 heteroatoms. The maximum atomic E-state index is 10.8. The first kappa shape index (κ1) is 13.7. The molecule has 15 heavy (non-hydrogen) atoms. The van der Waals surface area contributed by atoms with Crippen molar-refractivity contribution in [2.75, 3.05) is 13.1 Å². The fourth-order valence-electron chi connectivity index (χ4n) is 1.15. The van der Waals surface area contributed by atoms with Gasteiger partial charge in [0.25, 0.3) is 0 Å². The van der Waals surface area contributed by atoms with Gasteiger partial charge in [-0.25, -0.2) is 4.79 Å². The second kappa shape index (κ2) is 8.05. The zero-order valence-corrected chi connectivity index (χ0v) is 8.95. The molecule has 0 unspecified atom stereocenters. The van der Waals surface area contributed by atoms with Crippen molar-refractivity contribution < 1.29 is 14.7 Å². The molecule has 0 rings (SSSR count). The highest BCUT2D eigenvalue weighted by Crippen LogP contribution is 1.97. The van der Waals surface area contributed by atoms with Crippen LogP contribution in [0.2, 0.25) is 0 Å². The molecule has 6 nitrogen and oxygen atoms in total. The average molecular weight is 217 g/mol. The highest BCUT2D eigenvalue weighted by molar-refractivity contribution is 5.73. The van der Waals surface area contributed by atoms with E-state index in [0.29, 0.717) is 25.9 Å². The van der Waals surface area contributed by atoms with E-state index in [1.165, 1.54) is 0 Å². The van der Waals surface area contributed by atoms with E-state index in [9.17, 15) is 9.59 Å². The van der Waals surface area contributed by atoms with Gasteiger partial charge in [-0.05, 0) is 25.8 Å². The lowest BCUT2D eigenvalue weighted by atomic mass is 10.1. The second-order valence-electron chi connectivity index (χ2n) is 3.28. The minimum atomic E-state index is -0.859. The molecule has 0 bridgehead atoms. The van der Waals surface area contributed by atoms with Crippen LogP contribution in [0.4, 0.5) is 4.79 Å². The van der Waals surface area contributed by atoms with Crippen molar-refractivity contribution in [2.24, 2.45) is 5.73 Å². The third-order valence-corrected chi connectivity index (χ3v) is 1.91. The van der Waals surface area contributed by atoms with Crippen LogP contribution < -0.4 is 16.4 Å². The van der Waals surface area contributed by atoms with Gasteiger partial charge in [0.15, 0.2) is 0 Å². The van der Waals surface area contributed by atoms with Crippen LogP contribution in [-0.4, -0.2) is 36.2 Å². The summed E-state index contributed by atoms with van der Waals surface area (Å²) in [6.45, 7) is 3.06. The average Bonchev–Trinajstić information content (AvgIpc) is 2.15. The van der Waals surface area contributed by atoms with E-state index in [0.717, 1.165) is 6.42 Å². The van der Waals surface area contributed by atoms with Crippen LogP contribution in [0.3, 0.4) is 0 Å². The van der Waals surface area contributed by atoms with Crippen LogP contribution in [0.1, 0.15) is 26.2 Å². The molecule has 0 aliphatic carbocycles. The van der Waals surface area contributed by atoms with E-state index < -0.39 is 18.0 Å². The minimum absolute atomic E-state index is 0.410. The Balaban J connectivity index is 3.66. The van der Waals surface area contributed by atoms with Crippen molar-refractivity contribution in [1.29, 1.82) is 0 Å². The summed E-state index contributed by atoms with van der Waals surface area (Å²) >= 11 is 0. The van der Waals surface area contributed by atoms with E-state index in [4.69, 9.17) is 10.8 Å². The fraction of sp³-hybridized carbons (Fsp3) is 0.778. The Morgan fingerprint density at radius 1 is 1.40 bits per heavy atom. The van der Waals surface area contributed by atoms with Crippen LogP contribution in [0.25, 0.3) is 0 Å². The zero-order valence-electron chi connectivity index (χ0n) is 8.95. The van der Waals surface area contributed by atoms with E-state index >= 15 is 0 Å². The SMILES string of the molecule is CCCN[C@@H](CCCNC(N)=O)C(=O)O. The van der Waals surface area contributed by atoms with Crippen LogP contribution in [0.15, 0.2) is 0 Å². The van der Waals surface area contributed by atoms with Crippen LogP contribution >= 0.6 is 0 Å². The number of hydrogen-bond acceptors (Lipinski definition) is 3. The number of nitrogens with one attached hydrogen (secondary N) is 2. The summed E-state index contributed by atoms with van der Waals surface area (Å²) < 4.78 is 0. The normalized spacial score (nSPS) is 12.1. The lowest BCUT2D eigenvalue weighted by Crippen LogP contribution is -2.38. The Bertz CT molecular complexity index is 209. The number of urea groups is 1. The van der Waals surface area contributed by atoms with Gasteiger partial charge in [-0.15, -0.1) is 0 Å². The van der Waals surface area contributed by atoms with Crippen LogP contribution in [0, 0.1) is 0 Å². The van der Waals surface area contributed by atoms with E-state index in [1.54, 1.807) is 0 Å². The fourth-order valence-corrected chi connectivity index (χ4v) is 1.15. The van der Waals surface area contributed by atoms with Gasteiger partial charge in [0, 0.05) is 6.54 Å². The predicted molar refractivity (Wildman–Crippen MR) is 56.5 cm³/mol. The molecule has 0 heterocycles. The van der Waals surface area contributed by atoms with Gasteiger partial charge >= 0.3 is 12.0 Å². The maximum absolute atomic E-state index is 10.8. The van der Waals surface area contributed by atoms with Crippen molar-refractivity contribution in [1.82, 2.24) is 10.6 Å². The van der Waals surface area contributed by atoms with Gasteiger partial charge in [-0.1, -0.05) is 6.92 Å².